The lowest BCUT2D eigenvalue weighted by Gasteiger charge is -2.26. The zero-order valence-corrected chi connectivity index (χ0v) is 12.5. The van der Waals surface area contributed by atoms with Gasteiger partial charge in [-0.05, 0) is 33.6 Å². The first-order valence-corrected chi connectivity index (χ1v) is 6.51. The predicted molar refractivity (Wildman–Crippen MR) is 75.8 cm³/mol. The molecule has 0 aliphatic heterocycles. The van der Waals surface area contributed by atoms with Crippen LogP contribution in [0.25, 0.3) is 0 Å². The van der Waals surface area contributed by atoms with Gasteiger partial charge in [-0.2, -0.15) is 0 Å². The van der Waals surface area contributed by atoms with E-state index in [0.29, 0.717) is 6.54 Å². The lowest BCUT2D eigenvalue weighted by atomic mass is 9.84. The molecule has 1 rings (SSSR count). The van der Waals surface area contributed by atoms with E-state index >= 15 is 0 Å². The van der Waals surface area contributed by atoms with Crippen molar-refractivity contribution in [1.82, 2.24) is 5.32 Å². The van der Waals surface area contributed by atoms with Crippen molar-refractivity contribution in [2.45, 2.75) is 19.3 Å². The van der Waals surface area contributed by atoms with Gasteiger partial charge in [-0.15, -0.1) is 0 Å². The Bertz CT molecular complexity index is 433. The summed E-state index contributed by atoms with van der Waals surface area (Å²) in [4.78, 5) is 11.2. The van der Waals surface area contributed by atoms with Crippen LogP contribution in [0.2, 0.25) is 0 Å². The fourth-order valence-electron chi connectivity index (χ4n) is 1.58. The number of hydrogen-bond donors (Lipinski definition) is 2. The Kier molecular flexibility index (Phi) is 5.16. The molecule has 0 bridgehead atoms. The molecule has 1 amide bonds. The molecule has 0 unspecified atom stereocenters. The highest BCUT2D eigenvalue weighted by atomic mass is 79.9. The number of rotatable bonds is 5. The van der Waals surface area contributed by atoms with E-state index in [1.807, 2.05) is 18.2 Å². The Morgan fingerprint density at radius 2 is 2.17 bits per heavy atom. The molecule has 0 spiro atoms. The molecule has 0 aromatic heterocycles. The van der Waals surface area contributed by atoms with E-state index in [4.69, 9.17) is 10.5 Å². The summed E-state index contributed by atoms with van der Waals surface area (Å²) in [6.45, 7) is 4.69. The number of carbonyl (C=O) groups is 1. The number of halogens is 1. The van der Waals surface area contributed by atoms with Gasteiger partial charge < -0.3 is 15.8 Å². The van der Waals surface area contributed by atoms with Gasteiger partial charge in [-0.1, -0.05) is 19.9 Å². The maximum atomic E-state index is 11.2. The Morgan fingerprint density at radius 1 is 1.50 bits per heavy atom. The maximum Gasteiger partial charge on any atom is 0.233 e. The summed E-state index contributed by atoms with van der Waals surface area (Å²) in [5.74, 6) is 0.649. The van der Waals surface area contributed by atoms with Gasteiger partial charge in [-0.3, -0.25) is 4.79 Å². The Morgan fingerprint density at radius 3 is 2.67 bits per heavy atom. The zero-order chi connectivity index (χ0) is 13.8. The standard InChI is InChI=1S/C13H19BrN2O2/c1-13(2,8-16-12(17)7-15)9-4-5-11(18-3)10(14)6-9/h4-6H,7-8,15H2,1-3H3,(H,16,17). The highest BCUT2D eigenvalue weighted by molar-refractivity contribution is 9.10. The first-order chi connectivity index (χ1) is 8.40. The molecule has 1 aromatic carbocycles. The van der Waals surface area contributed by atoms with E-state index < -0.39 is 0 Å². The molecule has 0 aliphatic rings. The number of benzene rings is 1. The minimum Gasteiger partial charge on any atom is -0.496 e. The Balaban J connectivity index is 2.84. The molecule has 0 fully saturated rings. The molecule has 4 nitrogen and oxygen atoms in total. The molecule has 1 aromatic rings. The molecule has 0 atom stereocenters. The van der Waals surface area contributed by atoms with Gasteiger partial charge in [0.1, 0.15) is 5.75 Å². The van der Waals surface area contributed by atoms with Gasteiger partial charge in [0.2, 0.25) is 5.91 Å². The Hall–Kier alpha value is -1.07. The average Bonchev–Trinajstić information content (AvgIpc) is 2.35. The minimum atomic E-state index is -0.167. The minimum absolute atomic E-state index is 0.0163. The summed E-state index contributed by atoms with van der Waals surface area (Å²) in [6, 6.07) is 5.91. The number of amides is 1. The SMILES string of the molecule is COc1ccc(C(C)(C)CNC(=O)CN)cc1Br. The van der Waals surface area contributed by atoms with E-state index in [9.17, 15) is 4.79 Å². The van der Waals surface area contributed by atoms with Gasteiger partial charge in [0.25, 0.3) is 0 Å². The van der Waals surface area contributed by atoms with Crippen LogP contribution in [0.1, 0.15) is 19.4 Å². The highest BCUT2D eigenvalue weighted by Gasteiger charge is 2.22. The van der Waals surface area contributed by atoms with Crippen molar-refractivity contribution in [2.75, 3.05) is 20.2 Å². The monoisotopic (exact) mass is 314 g/mol. The molecule has 3 N–H and O–H groups in total. The summed E-state index contributed by atoms with van der Waals surface area (Å²) in [7, 11) is 1.63. The summed E-state index contributed by atoms with van der Waals surface area (Å²) in [6.07, 6.45) is 0. The van der Waals surface area contributed by atoms with Crippen molar-refractivity contribution in [2.24, 2.45) is 5.73 Å². The zero-order valence-electron chi connectivity index (χ0n) is 10.9. The summed E-state index contributed by atoms with van der Waals surface area (Å²) < 4.78 is 6.10. The molecule has 0 heterocycles. The summed E-state index contributed by atoms with van der Waals surface area (Å²) in [5, 5.41) is 2.81. The molecular formula is C13H19BrN2O2. The van der Waals surface area contributed by atoms with Crippen molar-refractivity contribution in [1.29, 1.82) is 0 Å². The maximum absolute atomic E-state index is 11.2. The highest BCUT2D eigenvalue weighted by Crippen LogP contribution is 2.31. The molecule has 5 heteroatoms. The average molecular weight is 315 g/mol. The van der Waals surface area contributed by atoms with Crippen LogP contribution in [-0.2, 0) is 10.2 Å². The molecular weight excluding hydrogens is 296 g/mol. The van der Waals surface area contributed by atoms with Gasteiger partial charge in [0.05, 0.1) is 18.1 Å². The molecule has 0 radical (unpaired) electrons. The smallest absolute Gasteiger partial charge is 0.233 e. The molecule has 18 heavy (non-hydrogen) atoms. The van der Waals surface area contributed by atoms with Crippen LogP contribution in [0.3, 0.4) is 0 Å². The van der Waals surface area contributed by atoms with Gasteiger partial charge in [0.15, 0.2) is 0 Å². The van der Waals surface area contributed by atoms with Gasteiger partial charge >= 0.3 is 0 Å². The van der Waals surface area contributed by atoms with E-state index in [0.717, 1.165) is 15.8 Å². The van der Waals surface area contributed by atoms with Crippen molar-refractivity contribution >= 4 is 21.8 Å². The van der Waals surface area contributed by atoms with Crippen molar-refractivity contribution in [3.8, 4) is 5.75 Å². The van der Waals surface area contributed by atoms with Crippen LogP contribution >= 0.6 is 15.9 Å². The third kappa shape index (κ3) is 3.71. The second-order valence-electron chi connectivity index (χ2n) is 4.71. The van der Waals surface area contributed by atoms with Gasteiger partial charge in [0, 0.05) is 12.0 Å². The predicted octanol–water partition coefficient (Wildman–Crippen LogP) is 1.81. The van der Waals surface area contributed by atoms with Gasteiger partial charge in [-0.25, -0.2) is 0 Å². The quantitative estimate of drug-likeness (QED) is 0.871. The number of carbonyl (C=O) groups excluding carboxylic acids is 1. The van der Waals surface area contributed by atoms with Crippen molar-refractivity contribution < 1.29 is 9.53 Å². The molecule has 0 aliphatic carbocycles. The van der Waals surface area contributed by atoms with E-state index in [2.05, 4.69) is 35.1 Å². The summed E-state index contributed by atoms with van der Waals surface area (Å²) >= 11 is 3.46. The van der Waals surface area contributed by atoms with E-state index in [1.54, 1.807) is 7.11 Å². The van der Waals surface area contributed by atoms with Crippen molar-refractivity contribution in [3.05, 3.63) is 28.2 Å². The fourth-order valence-corrected chi connectivity index (χ4v) is 2.12. The third-order valence-corrected chi connectivity index (χ3v) is 3.47. The first-order valence-electron chi connectivity index (χ1n) is 5.71. The van der Waals surface area contributed by atoms with Crippen LogP contribution in [0.5, 0.6) is 5.75 Å². The second kappa shape index (κ2) is 6.20. The van der Waals surface area contributed by atoms with Crippen LogP contribution in [0.4, 0.5) is 0 Å². The number of nitrogens with two attached hydrogens (primary N) is 1. The normalized spacial score (nSPS) is 11.2. The van der Waals surface area contributed by atoms with Crippen molar-refractivity contribution in [3.63, 3.8) is 0 Å². The van der Waals surface area contributed by atoms with Crippen LogP contribution in [0.15, 0.2) is 22.7 Å². The Labute approximate surface area is 116 Å². The molecule has 100 valence electrons. The number of nitrogens with one attached hydrogen (secondary N) is 1. The van der Waals surface area contributed by atoms with Crippen LogP contribution in [0, 0.1) is 0 Å². The summed E-state index contributed by atoms with van der Waals surface area (Å²) in [5.41, 5.74) is 6.22. The number of ether oxygens (including phenoxy) is 1. The van der Waals surface area contributed by atoms with Crippen LogP contribution < -0.4 is 15.8 Å². The molecule has 0 saturated heterocycles. The number of hydrogen-bond acceptors (Lipinski definition) is 3. The van der Waals surface area contributed by atoms with Crippen LogP contribution in [-0.4, -0.2) is 26.1 Å². The molecule has 0 saturated carbocycles. The second-order valence-corrected chi connectivity index (χ2v) is 5.57. The fraction of sp³-hybridized carbons (Fsp3) is 0.462. The van der Waals surface area contributed by atoms with E-state index in [-0.39, 0.29) is 17.9 Å². The lowest BCUT2D eigenvalue weighted by Crippen LogP contribution is -2.39. The first kappa shape index (κ1) is 15.0. The third-order valence-electron chi connectivity index (χ3n) is 2.85. The lowest BCUT2D eigenvalue weighted by molar-refractivity contribution is -0.119. The van der Waals surface area contributed by atoms with E-state index in [1.165, 1.54) is 0 Å². The number of methoxy groups -OCH3 is 1. The topological polar surface area (TPSA) is 64.3 Å². The largest absolute Gasteiger partial charge is 0.496 e.